The number of nitrogens with zero attached hydrogens (tertiary/aromatic N) is 1. The van der Waals surface area contributed by atoms with Crippen LogP contribution in [0.25, 0.3) is 0 Å². The Morgan fingerprint density at radius 3 is 2.30 bits per heavy atom. The summed E-state index contributed by atoms with van der Waals surface area (Å²) < 4.78 is 32.2. The first kappa shape index (κ1) is 15.7. The first-order valence-corrected chi connectivity index (χ1v) is 5.54. The largest absolute Gasteiger partial charge is 0.464 e. The minimum Gasteiger partial charge on any atom is -0.464 e. The fraction of sp³-hybridized carbons (Fsp3) is 0.333. The van der Waals surface area contributed by atoms with Gasteiger partial charge in [-0.3, -0.25) is 0 Å². The predicted molar refractivity (Wildman–Crippen MR) is 67.5 cm³/mol. The van der Waals surface area contributed by atoms with Crippen LogP contribution in [0, 0.1) is 11.6 Å². The van der Waals surface area contributed by atoms with Crippen LogP contribution in [0.1, 0.15) is 20.8 Å². The summed E-state index contributed by atoms with van der Waals surface area (Å²) in [5, 5.41) is 8.98. The van der Waals surface area contributed by atoms with E-state index in [0.717, 1.165) is 12.1 Å². The van der Waals surface area contributed by atoms with Crippen LogP contribution in [0.4, 0.5) is 29.7 Å². The van der Waals surface area contributed by atoms with Crippen molar-refractivity contribution in [1.29, 1.82) is 0 Å². The number of hydrogen-bond acceptors (Lipinski definition) is 4. The zero-order valence-electron chi connectivity index (χ0n) is 11.1. The number of benzene rings is 1. The molecular weight excluding hydrogens is 274 g/mol. The maximum absolute atomic E-state index is 13.8. The number of carbonyl (C=O) groups is 2. The molecule has 0 aromatic heterocycles. The number of carbonyl (C=O) groups excluding carboxylic acids is 1. The molecule has 3 N–H and O–H groups in total. The van der Waals surface area contributed by atoms with Crippen LogP contribution in [-0.4, -0.2) is 22.9 Å². The second kappa shape index (κ2) is 5.32. The number of amides is 2. The molecule has 0 aliphatic heterocycles. The van der Waals surface area contributed by atoms with Gasteiger partial charge in [-0.15, -0.1) is 0 Å². The van der Waals surface area contributed by atoms with Gasteiger partial charge in [0, 0.05) is 0 Å². The van der Waals surface area contributed by atoms with Crippen molar-refractivity contribution in [3.63, 3.8) is 0 Å². The zero-order valence-corrected chi connectivity index (χ0v) is 11.1. The van der Waals surface area contributed by atoms with E-state index >= 15 is 0 Å². The number of ether oxygens (including phenoxy) is 1. The monoisotopic (exact) mass is 288 g/mol. The van der Waals surface area contributed by atoms with Crippen molar-refractivity contribution in [3.05, 3.63) is 23.8 Å². The lowest BCUT2D eigenvalue weighted by atomic mass is 10.2. The fourth-order valence-electron chi connectivity index (χ4n) is 1.33. The standard InChI is InChI=1S/C12H14F2N2O4/c1-12(2,3)20-11(19)16(10(17)18)9-6(13)4-5-7(15)8(9)14/h4-5H,15H2,1-3H3,(H,17,18). The molecule has 2 amide bonds. The lowest BCUT2D eigenvalue weighted by Crippen LogP contribution is -2.41. The smallest absolute Gasteiger partial charge is 0.424 e. The Balaban J connectivity index is 3.33. The Morgan fingerprint density at radius 2 is 1.85 bits per heavy atom. The molecular formula is C12H14F2N2O4. The minimum absolute atomic E-state index is 0.160. The summed E-state index contributed by atoms with van der Waals surface area (Å²) in [5.41, 5.74) is 2.63. The van der Waals surface area contributed by atoms with Crippen molar-refractivity contribution in [2.24, 2.45) is 0 Å². The third-order valence-electron chi connectivity index (χ3n) is 2.09. The molecule has 0 unspecified atom stereocenters. The molecule has 0 atom stereocenters. The summed E-state index contributed by atoms with van der Waals surface area (Å²) in [6.45, 7) is 4.45. The van der Waals surface area contributed by atoms with Gasteiger partial charge in [0.15, 0.2) is 11.6 Å². The molecule has 0 radical (unpaired) electrons. The van der Waals surface area contributed by atoms with Crippen LogP contribution >= 0.6 is 0 Å². The van der Waals surface area contributed by atoms with Gasteiger partial charge in [-0.05, 0) is 32.9 Å². The van der Waals surface area contributed by atoms with E-state index in [0.29, 0.717) is 0 Å². The molecule has 0 heterocycles. The van der Waals surface area contributed by atoms with Crippen LogP contribution in [0.15, 0.2) is 12.1 Å². The van der Waals surface area contributed by atoms with Crippen LogP contribution < -0.4 is 10.6 Å². The van der Waals surface area contributed by atoms with E-state index in [1.165, 1.54) is 20.8 Å². The van der Waals surface area contributed by atoms with Crippen molar-refractivity contribution < 1.29 is 28.2 Å². The number of halogens is 2. The predicted octanol–water partition coefficient (Wildman–Crippen LogP) is 2.97. The van der Waals surface area contributed by atoms with Gasteiger partial charge in [-0.1, -0.05) is 0 Å². The normalized spacial score (nSPS) is 11.1. The summed E-state index contributed by atoms with van der Waals surface area (Å²) in [6, 6.07) is 1.68. The molecule has 0 aliphatic rings. The van der Waals surface area contributed by atoms with Gasteiger partial charge < -0.3 is 15.6 Å². The van der Waals surface area contributed by atoms with Crippen molar-refractivity contribution >= 4 is 23.6 Å². The Labute approximate surface area is 113 Å². The summed E-state index contributed by atoms with van der Waals surface area (Å²) in [7, 11) is 0. The number of anilines is 2. The molecule has 0 spiro atoms. The van der Waals surface area contributed by atoms with Crippen molar-refractivity contribution in [3.8, 4) is 0 Å². The van der Waals surface area contributed by atoms with Crippen LogP contribution in [0.3, 0.4) is 0 Å². The third kappa shape index (κ3) is 3.34. The lowest BCUT2D eigenvalue weighted by molar-refractivity contribution is 0.0579. The molecule has 1 aromatic rings. The topological polar surface area (TPSA) is 92.9 Å². The van der Waals surface area contributed by atoms with Crippen molar-refractivity contribution in [2.45, 2.75) is 26.4 Å². The first-order chi connectivity index (χ1) is 9.04. The van der Waals surface area contributed by atoms with Gasteiger partial charge in [0.05, 0.1) is 5.69 Å². The number of carboxylic acid groups (broad SMARTS) is 1. The fourth-order valence-corrected chi connectivity index (χ4v) is 1.33. The molecule has 110 valence electrons. The average molecular weight is 288 g/mol. The minimum atomic E-state index is -1.89. The Bertz CT molecular complexity index is 555. The van der Waals surface area contributed by atoms with E-state index in [2.05, 4.69) is 0 Å². The van der Waals surface area contributed by atoms with E-state index < -0.39 is 40.8 Å². The highest BCUT2D eigenvalue weighted by Gasteiger charge is 2.33. The van der Waals surface area contributed by atoms with Crippen LogP contribution in [0.2, 0.25) is 0 Å². The Hall–Kier alpha value is -2.38. The van der Waals surface area contributed by atoms with E-state index in [1.807, 2.05) is 0 Å². The second-order valence-corrected chi connectivity index (χ2v) is 4.90. The third-order valence-corrected chi connectivity index (χ3v) is 2.09. The maximum Gasteiger partial charge on any atom is 0.424 e. The molecule has 0 saturated carbocycles. The highest BCUT2D eigenvalue weighted by molar-refractivity contribution is 6.09. The Kier molecular flexibility index (Phi) is 4.17. The molecule has 6 nitrogen and oxygen atoms in total. The SMILES string of the molecule is CC(C)(C)OC(=O)N(C(=O)O)c1c(F)ccc(N)c1F. The first-order valence-electron chi connectivity index (χ1n) is 5.54. The zero-order chi connectivity index (χ0) is 15.7. The molecule has 8 heteroatoms. The number of imide groups is 1. The summed E-state index contributed by atoms with van der Waals surface area (Å²) in [5.74, 6) is -2.59. The van der Waals surface area contributed by atoms with Gasteiger partial charge in [0.1, 0.15) is 11.3 Å². The van der Waals surface area contributed by atoms with Crippen LogP contribution in [0.5, 0.6) is 0 Å². The molecule has 1 aromatic carbocycles. The number of nitrogen functional groups attached to an aromatic ring is 1. The van der Waals surface area contributed by atoms with Crippen molar-refractivity contribution in [2.75, 3.05) is 10.6 Å². The average Bonchev–Trinajstić information content (AvgIpc) is 2.26. The number of hydrogen-bond donors (Lipinski definition) is 2. The maximum atomic E-state index is 13.8. The summed E-state index contributed by atoms with van der Waals surface area (Å²) >= 11 is 0. The lowest BCUT2D eigenvalue weighted by Gasteiger charge is -2.25. The molecule has 0 saturated heterocycles. The molecule has 0 fully saturated rings. The Morgan fingerprint density at radius 1 is 1.30 bits per heavy atom. The van der Waals surface area contributed by atoms with Gasteiger partial charge in [0.25, 0.3) is 0 Å². The molecule has 1 rings (SSSR count). The molecule has 0 bridgehead atoms. The van der Waals surface area contributed by atoms with Crippen molar-refractivity contribution in [1.82, 2.24) is 0 Å². The highest BCUT2D eigenvalue weighted by Crippen LogP contribution is 2.29. The summed E-state index contributed by atoms with van der Waals surface area (Å²) in [6.07, 6.45) is -3.31. The van der Waals surface area contributed by atoms with Gasteiger partial charge >= 0.3 is 12.2 Å². The van der Waals surface area contributed by atoms with E-state index in [9.17, 15) is 18.4 Å². The quantitative estimate of drug-likeness (QED) is 0.775. The second-order valence-electron chi connectivity index (χ2n) is 4.90. The van der Waals surface area contributed by atoms with Gasteiger partial charge in [-0.2, -0.15) is 4.90 Å². The van der Waals surface area contributed by atoms with Gasteiger partial charge in [0.2, 0.25) is 0 Å². The van der Waals surface area contributed by atoms with Gasteiger partial charge in [-0.25, -0.2) is 18.4 Å². The summed E-state index contributed by atoms with van der Waals surface area (Å²) in [4.78, 5) is 22.7. The van der Waals surface area contributed by atoms with Crippen LogP contribution in [-0.2, 0) is 4.74 Å². The number of nitrogens with two attached hydrogens (primary N) is 1. The van der Waals surface area contributed by atoms with E-state index in [4.69, 9.17) is 15.6 Å². The number of rotatable bonds is 1. The highest BCUT2D eigenvalue weighted by atomic mass is 19.1. The van der Waals surface area contributed by atoms with E-state index in [1.54, 1.807) is 0 Å². The molecule has 20 heavy (non-hydrogen) atoms. The van der Waals surface area contributed by atoms with E-state index in [-0.39, 0.29) is 4.90 Å². The molecule has 0 aliphatic carbocycles.